The van der Waals surface area contributed by atoms with Crippen LogP contribution in [-0.4, -0.2) is 67.7 Å². The number of guanidine groups is 1. The summed E-state index contributed by atoms with van der Waals surface area (Å²) < 4.78 is 5.91. The molecule has 2 N–H and O–H groups in total. The van der Waals surface area contributed by atoms with Crippen LogP contribution >= 0.6 is 0 Å². The minimum atomic E-state index is 0.104. The summed E-state index contributed by atoms with van der Waals surface area (Å²) in [6, 6.07) is 0. The van der Waals surface area contributed by atoms with Gasteiger partial charge in [0.15, 0.2) is 5.96 Å². The van der Waals surface area contributed by atoms with Crippen molar-refractivity contribution in [1.29, 1.82) is 0 Å². The highest BCUT2D eigenvalue weighted by Crippen LogP contribution is 2.36. The van der Waals surface area contributed by atoms with E-state index >= 15 is 0 Å². The molecule has 1 spiro atoms. The van der Waals surface area contributed by atoms with Gasteiger partial charge in [0.1, 0.15) is 0 Å². The van der Waals surface area contributed by atoms with E-state index in [9.17, 15) is 0 Å². The van der Waals surface area contributed by atoms with Crippen LogP contribution in [0.2, 0.25) is 0 Å². The molecule has 1 fully saturated rings. The van der Waals surface area contributed by atoms with E-state index in [-0.39, 0.29) is 5.54 Å². The number of hydrogen-bond acceptors (Lipinski definition) is 5. The molecule has 0 bridgehead atoms. The Hall–Kier alpha value is -0.810. The molecule has 5 heteroatoms. The molecule has 1 saturated heterocycles. The number of aliphatic imine (C=N–C) groups is 1. The van der Waals surface area contributed by atoms with Crippen molar-refractivity contribution in [2.45, 2.75) is 38.3 Å². The van der Waals surface area contributed by atoms with Crippen LogP contribution in [0.1, 0.15) is 26.7 Å². The van der Waals surface area contributed by atoms with Crippen molar-refractivity contribution in [2.75, 3.05) is 40.3 Å². The van der Waals surface area contributed by atoms with Crippen LogP contribution in [-0.2, 0) is 4.74 Å². The van der Waals surface area contributed by atoms with E-state index in [0.717, 1.165) is 39.1 Å². The maximum atomic E-state index is 6.11. The van der Waals surface area contributed by atoms with E-state index in [2.05, 4.69) is 42.7 Å². The number of nitrogens with zero attached hydrogens (tertiary/aromatic N) is 3. The van der Waals surface area contributed by atoms with E-state index in [1.54, 1.807) is 0 Å². The summed E-state index contributed by atoms with van der Waals surface area (Å²) in [7, 11) is 4.19. The highest BCUT2D eigenvalue weighted by Gasteiger charge is 2.46. The minimum Gasteiger partial charge on any atom is -0.378 e. The summed E-state index contributed by atoms with van der Waals surface area (Å²) in [6.07, 6.45) is 2.41. The average Bonchev–Trinajstić information content (AvgIpc) is 2.64. The number of ether oxygens (including phenoxy) is 1. The first-order valence-corrected chi connectivity index (χ1v) is 7.28. The molecule has 2 heterocycles. The van der Waals surface area contributed by atoms with Crippen LogP contribution in [0.5, 0.6) is 0 Å². The smallest absolute Gasteiger partial charge is 0.191 e. The average molecular weight is 268 g/mol. The second kappa shape index (κ2) is 5.67. The molecule has 2 rings (SSSR count). The van der Waals surface area contributed by atoms with Gasteiger partial charge in [-0.1, -0.05) is 13.8 Å². The van der Waals surface area contributed by atoms with Crippen LogP contribution in [0.3, 0.4) is 0 Å². The predicted molar refractivity (Wildman–Crippen MR) is 78.3 cm³/mol. The van der Waals surface area contributed by atoms with E-state index in [0.29, 0.717) is 18.0 Å². The second-order valence-corrected chi connectivity index (χ2v) is 6.46. The highest BCUT2D eigenvalue weighted by molar-refractivity contribution is 5.81. The molecular weight excluding hydrogens is 240 g/mol. The van der Waals surface area contributed by atoms with Gasteiger partial charge in [-0.15, -0.1) is 0 Å². The van der Waals surface area contributed by atoms with Crippen LogP contribution < -0.4 is 5.73 Å². The normalized spacial score (nSPS) is 31.6. The molecule has 0 aromatic carbocycles. The molecule has 110 valence electrons. The second-order valence-electron chi connectivity index (χ2n) is 6.46. The lowest BCUT2D eigenvalue weighted by molar-refractivity contribution is -0.0677. The first kappa shape index (κ1) is 14.6. The third-order valence-electron chi connectivity index (χ3n) is 4.38. The number of likely N-dealkylation sites (N-methyl/N-ethyl adjacent to an activating group) is 1. The first-order chi connectivity index (χ1) is 8.94. The molecule has 2 atom stereocenters. The quantitative estimate of drug-likeness (QED) is 0.817. The molecule has 0 amide bonds. The van der Waals surface area contributed by atoms with Gasteiger partial charge in [0.25, 0.3) is 0 Å². The third-order valence-corrected chi connectivity index (χ3v) is 4.38. The summed E-state index contributed by atoms with van der Waals surface area (Å²) in [5.41, 5.74) is 6.21. The lowest BCUT2D eigenvalue weighted by Crippen LogP contribution is -2.58. The standard InChI is InChI=1S/C14H28N4O/c1-11(2)12-9-14(5-8-19-12)10-16-13(15)18(14)7-6-17(3)4/h11-12H,5-10H2,1-4H3,(H2,15,16). The zero-order valence-electron chi connectivity index (χ0n) is 12.7. The van der Waals surface area contributed by atoms with Crippen LogP contribution in [0.25, 0.3) is 0 Å². The SMILES string of the molecule is CC(C)C1CC2(CCO1)CN=C(N)N2CCN(C)C. The van der Waals surface area contributed by atoms with Gasteiger partial charge in [0.05, 0.1) is 18.2 Å². The van der Waals surface area contributed by atoms with Crippen molar-refractivity contribution in [1.82, 2.24) is 9.80 Å². The fourth-order valence-corrected chi connectivity index (χ4v) is 3.05. The first-order valence-electron chi connectivity index (χ1n) is 7.28. The summed E-state index contributed by atoms with van der Waals surface area (Å²) in [6.45, 7) is 8.07. The molecule has 0 aromatic rings. The van der Waals surface area contributed by atoms with Crippen molar-refractivity contribution in [3.63, 3.8) is 0 Å². The zero-order valence-corrected chi connectivity index (χ0v) is 12.7. The van der Waals surface area contributed by atoms with Crippen LogP contribution in [0.4, 0.5) is 0 Å². The lowest BCUT2D eigenvalue weighted by atomic mass is 9.82. The Morgan fingerprint density at radius 1 is 1.53 bits per heavy atom. The number of hydrogen-bond donors (Lipinski definition) is 1. The van der Waals surface area contributed by atoms with Gasteiger partial charge in [0.2, 0.25) is 0 Å². The molecular formula is C14H28N4O. The van der Waals surface area contributed by atoms with E-state index in [4.69, 9.17) is 10.5 Å². The van der Waals surface area contributed by atoms with Gasteiger partial charge < -0.3 is 20.3 Å². The predicted octanol–water partition coefficient (Wildman–Crippen LogP) is 0.752. The van der Waals surface area contributed by atoms with E-state index in [1.807, 2.05) is 0 Å². The van der Waals surface area contributed by atoms with Crippen molar-refractivity contribution < 1.29 is 4.74 Å². The Morgan fingerprint density at radius 2 is 2.26 bits per heavy atom. The molecule has 0 aromatic heterocycles. The highest BCUT2D eigenvalue weighted by atomic mass is 16.5. The zero-order chi connectivity index (χ0) is 14.0. The van der Waals surface area contributed by atoms with E-state index < -0.39 is 0 Å². The maximum Gasteiger partial charge on any atom is 0.191 e. The summed E-state index contributed by atoms with van der Waals surface area (Å²) in [4.78, 5) is 9.03. The van der Waals surface area contributed by atoms with Crippen molar-refractivity contribution in [3.8, 4) is 0 Å². The molecule has 2 aliphatic heterocycles. The van der Waals surface area contributed by atoms with Crippen molar-refractivity contribution in [3.05, 3.63) is 0 Å². The Labute approximate surface area is 116 Å². The Kier molecular flexibility index (Phi) is 4.36. The number of nitrogens with two attached hydrogens (primary N) is 1. The fraction of sp³-hybridized carbons (Fsp3) is 0.929. The van der Waals surface area contributed by atoms with Gasteiger partial charge >= 0.3 is 0 Å². The topological polar surface area (TPSA) is 54.1 Å². The largest absolute Gasteiger partial charge is 0.378 e. The van der Waals surface area contributed by atoms with Gasteiger partial charge in [0, 0.05) is 19.7 Å². The lowest BCUT2D eigenvalue weighted by Gasteiger charge is -2.46. The molecule has 0 aliphatic carbocycles. The van der Waals surface area contributed by atoms with Gasteiger partial charge in [-0.3, -0.25) is 4.99 Å². The van der Waals surface area contributed by atoms with Gasteiger partial charge in [-0.05, 0) is 32.9 Å². The summed E-state index contributed by atoms with van der Waals surface area (Å²) in [5.74, 6) is 1.26. The van der Waals surface area contributed by atoms with Crippen molar-refractivity contribution in [2.24, 2.45) is 16.6 Å². The van der Waals surface area contributed by atoms with Crippen LogP contribution in [0.15, 0.2) is 4.99 Å². The molecule has 2 aliphatic rings. The van der Waals surface area contributed by atoms with E-state index in [1.165, 1.54) is 0 Å². The number of rotatable bonds is 4. The molecule has 5 nitrogen and oxygen atoms in total. The summed E-state index contributed by atoms with van der Waals surface area (Å²) >= 11 is 0. The monoisotopic (exact) mass is 268 g/mol. The van der Waals surface area contributed by atoms with Gasteiger partial charge in [-0.25, -0.2) is 0 Å². The molecule has 0 radical (unpaired) electrons. The molecule has 2 unspecified atom stereocenters. The third kappa shape index (κ3) is 3.03. The Morgan fingerprint density at radius 3 is 2.89 bits per heavy atom. The van der Waals surface area contributed by atoms with Gasteiger partial charge in [-0.2, -0.15) is 0 Å². The summed E-state index contributed by atoms with van der Waals surface area (Å²) in [5, 5.41) is 0. The minimum absolute atomic E-state index is 0.104. The fourth-order valence-electron chi connectivity index (χ4n) is 3.05. The molecule has 0 saturated carbocycles. The Bertz CT molecular complexity index is 342. The Balaban J connectivity index is 2.08. The van der Waals surface area contributed by atoms with Crippen LogP contribution in [0, 0.1) is 5.92 Å². The van der Waals surface area contributed by atoms with Crippen molar-refractivity contribution >= 4 is 5.96 Å². The molecule has 19 heavy (non-hydrogen) atoms. The maximum absolute atomic E-state index is 6.11.